The van der Waals surface area contributed by atoms with E-state index in [-0.39, 0.29) is 17.1 Å². The minimum atomic E-state index is 0. The molecule has 0 atom stereocenters. The van der Waals surface area contributed by atoms with Crippen molar-refractivity contribution in [3.05, 3.63) is 4.91 Å². The zero-order chi connectivity index (χ0) is 2.71. The molecule has 3 nitrogen and oxygen atoms in total. The average Bonchev–Trinajstić information content (AvgIpc) is 0.918. The zero-order valence-corrected chi connectivity index (χ0v) is 3.90. The first kappa shape index (κ1) is 9.07. The van der Waals surface area contributed by atoms with Crippen LogP contribution in [-0.4, -0.2) is 22.3 Å². The van der Waals surface area contributed by atoms with Gasteiger partial charge in [0.05, 0.1) is 0 Å². The van der Waals surface area contributed by atoms with Gasteiger partial charge in [-0.1, -0.05) is 0 Å². The van der Waals surface area contributed by atoms with Gasteiger partial charge in [-0.25, -0.2) is 0 Å². The fraction of sp³-hybridized carbons (Fsp3) is 0. The maximum absolute atomic E-state index is 8.11. The Kier molecular flexibility index (Phi) is 28.8. The second-order valence-electron chi connectivity index (χ2n) is 0.0816. The summed E-state index contributed by atoms with van der Waals surface area (Å²) in [7, 11) is 0. The van der Waals surface area contributed by atoms with Gasteiger partial charge in [-0.15, -0.1) is 4.91 Å². The van der Waals surface area contributed by atoms with E-state index in [2.05, 4.69) is 0 Å². The Balaban J connectivity index is 0. The van der Waals surface area contributed by atoms with Gasteiger partial charge in [-0.2, -0.15) is 0 Å². The van der Waals surface area contributed by atoms with Gasteiger partial charge in [-0.05, 0) is 0 Å². The third-order valence-corrected chi connectivity index (χ3v) is 0. The Morgan fingerprint density at radius 2 is 1.75 bits per heavy atom. The first-order valence-corrected chi connectivity index (χ1v) is 0.383. The van der Waals surface area contributed by atoms with Crippen molar-refractivity contribution in [3.63, 3.8) is 0 Å². The average molecular weight is 128 g/mol. The molecule has 0 aliphatic carbocycles. The van der Waals surface area contributed by atoms with Crippen LogP contribution in [-0.2, 0) is 0 Å². The molecule has 0 heterocycles. The summed E-state index contributed by atoms with van der Waals surface area (Å²) in [5.41, 5.74) is 0. The van der Waals surface area contributed by atoms with Gasteiger partial charge >= 0.3 is 17.1 Å². The molecular weight excluding hydrogens is 125 g/mol. The first-order valence-electron chi connectivity index (χ1n) is 0.383. The van der Waals surface area contributed by atoms with Crippen molar-refractivity contribution < 1.29 is 5.21 Å². The van der Waals surface area contributed by atoms with E-state index in [9.17, 15) is 0 Å². The second kappa shape index (κ2) is 12.7. The monoisotopic (exact) mass is 129 g/mol. The van der Waals surface area contributed by atoms with Crippen LogP contribution in [0, 0.1) is 4.91 Å². The van der Waals surface area contributed by atoms with Crippen molar-refractivity contribution in [1.82, 2.24) is 0 Å². The molecule has 0 radical (unpaired) electrons. The van der Waals surface area contributed by atoms with E-state index in [4.69, 9.17) is 10.1 Å². The van der Waals surface area contributed by atoms with Crippen LogP contribution in [0.1, 0.15) is 0 Å². The Morgan fingerprint density at radius 1 is 1.75 bits per heavy atom. The van der Waals surface area contributed by atoms with Crippen molar-refractivity contribution >= 4 is 17.1 Å². The Labute approximate surface area is 33.4 Å². The van der Waals surface area contributed by atoms with Crippen molar-refractivity contribution in [3.8, 4) is 0 Å². The van der Waals surface area contributed by atoms with E-state index in [0.29, 0.717) is 0 Å². The van der Waals surface area contributed by atoms with Gasteiger partial charge in [0.15, 0.2) is 5.34 Å². The van der Waals surface area contributed by atoms with E-state index in [1.54, 1.807) is 0 Å². The molecule has 0 rings (SSSR count). The summed E-state index contributed by atoms with van der Waals surface area (Å²) >= 11 is 0. The van der Waals surface area contributed by atoms with Crippen molar-refractivity contribution in [1.29, 1.82) is 0 Å². The third-order valence-electron chi connectivity index (χ3n) is 0. The van der Waals surface area contributed by atoms with Crippen LogP contribution in [0.5, 0.6) is 0 Å². The van der Waals surface area contributed by atoms with Gasteiger partial charge in [-0.3, -0.25) is 0 Å². The van der Waals surface area contributed by atoms with Crippen LogP contribution < -0.4 is 0 Å². The molecule has 26 valence electrons. The molecule has 0 aromatic heterocycles. The van der Waals surface area contributed by atoms with Crippen LogP contribution >= 0.6 is 0 Å². The van der Waals surface area contributed by atoms with Crippen molar-refractivity contribution in [2.24, 2.45) is 5.34 Å². The Hall–Kier alpha value is -0.0805. The van der Waals surface area contributed by atoms with Crippen LogP contribution in [0.4, 0.5) is 0 Å². The molecular formula is H3NO2Se. The summed E-state index contributed by atoms with van der Waals surface area (Å²) in [5.74, 6) is 0. The molecule has 4 heavy (non-hydrogen) atoms. The molecule has 0 spiro atoms. The van der Waals surface area contributed by atoms with E-state index >= 15 is 0 Å². The number of nitrogens with zero attached hydrogens (tertiary/aromatic N) is 1. The van der Waals surface area contributed by atoms with Crippen LogP contribution in [0.2, 0.25) is 0 Å². The molecule has 0 aromatic rings. The van der Waals surface area contributed by atoms with E-state index < -0.39 is 0 Å². The summed E-state index contributed by atoms with van der Waals surface area (Å²) < 4.78 is 0. The van der Waals surface area contributed by atoms with Crippen LogP contribution in [0.25, 0.3) is 0 Å². The summed E-state index contributed by atoms with van der Waals surface area (Å²) in [6.07, 6.45) is 0. The minimum absolute atomic E-state index is 0. The van der Waals surface area contributed by atoms with E-state index in [1.165, 1.54) is 5.34 Å². The first-order chi connectivity index (χ1) is 1.41. The predicted molar refractivity (Wildman–Crippen MR) is 16.1 cm³/mol. The van der Waals surface area contributed by atoms with Crippen LogP contribution in [0.3, 0.4) is 0 Å². The molecule has 0 aliphatic heterocycles. The molecule has 0 aliphatic rings. The number of hydrogen-bond donors (Lipinski definition) is 1. The Bertz CT molecular complexity index is 13.5. The molecule has 4 heteroatoms. The van der Waals surface area contributed by atoms with Gasteiger partial charge in [0.1, 0.15) is 0 Å². The summed E-state index contributed by atoms with van der Waals surface area (Å²) in [6, 6.07) is 0. The fourth-order valence-electron chi connectivity index (χ4n) is 0. The molecule has 0 aromatic carbocycles. The summed E-state index contributed by atoms with van der Waals surface area (Å²) in [4.78, 5) is 8.11. The third kappa shape index (κ3) is 250. The molecule has 0 saturated carbocycles. The van der Waals surface area contributed by atoms with E-state index in [1.807, 2.05) is 0 Å². The SMILES string of the molecule is O=NO.[SeH2]. The summed E-state index contributed by atoms with van der Waals surface area (Å²) in [6.45, 7) is 0. The fourth-order valence-corrected chi connectivity index (χ4v) is 0. The topological polar surface area (TPSA) is 49.7 Å². The molecule has 0 fully saturated rings. The molecule has 0 amide bonds. The van der Waals surface area contributed by atoms with Gasteiger partial charge in [0, 0.05) is 0 Å². The number of rotatable bonds is 0. The molecule has 1 N–H and O–H groups in total. The van der Waals surface area contributed by atoms with Crippen LogP contribution in [0.15, 0.2) is 5.34 Å². The zero-order valence-electron chi connectivity index (χ0n) is 1.80. The number of hydrogen-bond acceptors (Lipinski definition) is 2. The summed E-state index contributed by atoms with van der Waals surface area (Å²) in [5, 5.41) is 7.89. The predicted octanol–water partition coefficient (Wildman–Crippen LogP) is -0.774. The molecule has 0 unspecified atom stereocenters. The van der Waals surface area contributed by atoms with Gasteiger partial charge in [0.2, 0.25) is 0 Å². The quantitative estimate of drug-likeness (QED) is 0.264. The second-order valence-corrected chi connectivity index (χ2v) is 0.0816. The normalized spacial score (nSPS) is 3.00. The molecule has 0 saturated heterocycles. The van der Waals surface area contributed by atoms with Crippen molar-refractivity contribution in [2.45, 2.75) is 0 Å². The standard InChI is InChI=1S/HNO2.H2Se/c2-1-3;/h(H,2,3);1H2. The Morgan fingerprint density at radius 3 is 1.75 bits per heavy atom. The van der Waals surface area contributed by atoms with Crippen molar-refractivity contribution in [2.75, 3.05) is 0 Å². The van der Waals surface area contributed by atoms with E-state index in [0.717, 1.165) is 0 Å². The van der Waals surface area contributed by atoms with Gasteiger partial charge in [0.25, 0.3) is 0 Å². The maximum atomic E-state index is 8.11. The van der Waals surface area contributed by atoms with Gasteiger partial charge < -0.3 is 5.21 Å². The molecule has 0 bridgehead atoms.